The highest BCUT2D eigenvalue weighted by atomic mass is 35.5. The van der Waals surface area contributed by atoms with Crippen molar-refractivity contribution in [1.29, 1.82) is 0 Å². The number of halogens is 2. The molecule has 0 bridgehead atoms. The fourth-order valence-electron chi connectivity index (χ4n) is 4.09. The number of carbonyl (C=O) groups excluding carboxylic acids is 2. The van der Waals surface area contributed by atoms with Crippen LogP contribution in [0, 0.1) is 5.82 Å². The van der Waals surface area contributed by atoms with Crippen LogP contribution in [0.15, 0.2) is 29.5 Å². The third-order valence-electron chi connectivity index (χ3n) is 5.87. The number of anilines is 1. The summed E-state index contributed by atoms with van der Waals surface area (Å²) in [7, 11) is 4.87. The summed E-state index contributed by atoms with van der Waals surface area (Å²) in [4.78, 5) is 34.8. The summed E-state index contributed by atoms with van der Waals surface area (Å²) in [5, 5.41) is 15.4. The normalized spacial score (nSPS) is 23.7. The number of carbonyl (C=O) groups is 2. The Balaban J connectivity index is 1.47. The van der Waals surface area contributed by atoms with Gasteiger partial charge in [-0.25, -0.2) is 19.7 Å². The molecule has 0 aliphatic carbocycles. The first-order valence-electron chi connectivity index (χ1n) is 10.8. The number of urea groups is 1. The Labute approximate surface area is 201 Å². The molecule has 4 rings (SSSR count). The minimum Gasteiger partial charge on any atom is -0.356 e. The van der Waals surface area contributed by atoms with Crippen molar-refractivity contribution in [2.45, 2.75) is 25.0 Å². The Bertz CT molecular complexity index is 994. The first-order chi connectivity index (χ1) is 16.1. The Morgan fingerprint density at radius 1 is 1.47 bits per heavy atom. The van der Waals surface area contributed by atoms with Crippen LogP contribution >= 0.6 is 11.6 Å². The van der Waals surface area contributed by atoms with E-state index in [9.17, 15) is 19.1 Å². The third kappa shape index (κ3) is 5.11. The maximum absolute atomic E-state index is 13.4. The Hall–Kier alpha value is -2.48. The molecule has 13 heteroatoms. The predicted molar refractivity (Wildman–Crippen MR) is 121 cm³/mol. The van der Waals surface area contributed by atoms with E-state index in [0.717, 1.165) is 10.6 Å². The number of likely N-dealkylation sites (N-methyl/N-ethyl adjacent to an activating group) is 1. The number of benzene rings is 1. The SMILES string of the molecule is CN1OC(COC(O)N(C)C)CN2NC3CCN(C(=O)Nc4ccc(F)c(Cl)c4)CC3=C2C1=O. The van der Waals surface area contributed by atoms with E-state index >= 15 is 0 Å². The van der Waals surface area contributed by atoms with E-state index in [2.05, 4.69) is 10.7 Å². The molecule has 0 spiro atoms. The smallest absolute Gasteiger partial charge is 0.322 e. The fourth-order valence-corrected chi connectivity index (χ4v) is 4.27. The first kappa shape index (κ1) is 24.6. The number of ether oxygens (including phenoxy) is 1. The van der Waals surface area contributed by atoms with E-state index in [1.807, 2.05) is 0 Å². The average Bonchev–Trinajstić information content (AvgIpc) is 3.10. The van der Waals surface area contributed by atoms with Crippen LogP contribution < -0.4 is 10.7 Å². The van der Waals surface area contributed by atoms with Gasteiger partial charge in [0.2, 0.25) is 6.41 Å². The van der Waals surface area contributed by atoms with Gasteiger partial charge in [-0.2, -0.15) is 0 Å². The first-order valence-corrected chi connectivity index (χ1v) is 11.2. The van der Waals surface area contributed by atoms with E-state index < -0.39 is 18.3 Å². The van der Waals surface area contributed by atoms with Crippen molar-refractivity contribution < 1.29 is 28.7 Å². The lowest BCUT2D eigenvalue weighted by Gasteiger charge is -2.32. The summed E-state index contributed by atoms with van der Waals surface area (Å²) in [6, 6.07) is 3.50. The van der Waals surface area contributed by atoms with Crippen LogP contribution in [0.4, 0.5) is 14.9 Å². The van der Waals surface area contributed by atoms with Gasteiger partial charge in [-0.1, -0.05) is 11.6 Å². The number of amides is 3. The van der Waals surface area contributed by atoms with Crippen molar-refractivity contribution in [3.05, 3.63) is 40.3 Å². The summed E-state index contributed by atoms with van der Waals surface area (Å²) in [6.45, 7) is 1.08. The molecule has 2 fully saturated rings. The van der Waals surface area contributed by atoms with Gasteiger partial charge in [0.05, 0.1) is 24.2 Å². The number of hydrazine groups is 1. The molecule has 3 heterocycles. The molecule has 0 radical (unpaired) electrons. The lowest BCUT2D eigenvalue weighted by atomic mass is 9.98. The van der Waals surface area contributed by atoms with Gasteiger partial charge in [0.1, 0.15) is 17.6 Å². The van der Waals surface area contributed by atoms with Crippen LogP contribution in [0.5, 0.6) is 0 Å². The number of nitrogens with one attached hydrogen (secondary N) is 2. The van der Waals surface area contributed by atoms with Gasteiger partial charge in [0, 0.05) is 25.8 Å². The van der Waals surface area contributed by atoms with E-state index in [4.69, 9.17) is 21.2 Å². The molecule has 3 atom stereocenters. The molecule has 2 saturated heterocycles. The predicted octanol–water partition coefficient (Wildman–Crippen LogP) is 0.786. The van der Waals surface area contributed by atoms with Gasteiger partial charge in [-0.05, 0) is 44.3 Å². The number of aliphatic hydroxyl groups is 1. The highest BCUT2D eigenvalue weighted by Gasteiger charge is 2.43. The molecule has 3 N–H and O–H groups in total. The lowest BCUT2D eigenvalue weighted by Crippen LogP contribution is -2.48. The zero-order chi connectivity index (χ0) is 24.6. The molecule has 0 saturated carbocycles. The summed E-state index contributed by atoms with van der Waals surface area (Å²) in [5.41, 5.74) is 4.93. The van der Waals surface area contributed by atoms with E-state index in [1.165, 1.54) is 30.1 Å². The van der Waals surface area contributed by atoms with Crippen molar-refractivity contribution in [2.24, 2.45) is 0 Å². The summed E-state index contributed by atoms with van der Waals surface area (Å²) >= 11 is 5.80. The number of aliphatic hydroxyl groups excluding tert-OH is 1. The van der Waals surface area contributed by atoms with Crippen LogP contribution in [0.25, 0.3) is 0 Å². The molecule has 11 nitrogen and oxygen atoms in total. The van der Waals surface area contributed by atoms with E-state index in [-0.39, 0.29) is 36.2 Å². The summed E-state index contributed by atoms with van der Waals surface area (Å²) < 4.78 is 18.8. The minimum absolute atomic E-state index is 0.0667. The van der Waals surface area contributed by atoms with Crippen LogP contribution in [-0.4, -0.2) is 103 Å². The van der Waals surface area contributed by atoms with Gasteiger partial charge in [-0.3, -0.25) is 19.5 Å². The molecule has 1 aromatic rings. The molecule has 3 amide bonds. The number of hydrogen-bond donors (Lipinski definition) is 3. The molecule has 186 valence electrons. The van der Waals surface area contributed by atoms with Gasteiger partial charge in [0.15, 0.2) is 0 Å². The van der Waals surface area contributed by atoms with Crippen molar-refractivity contribution in [3.63, 3.8) is 0 Å². The van der Waals surface area contributed by atoms with Crippen LogP contribution in [0.3, 0.4) is 0 Å². The standard InChI is InChI=1S/C21H28ClFN6O5/c1-26(2)21(32)33-11-13-9-29-18(19(30)27(3)34-13)14-10-28(7-6-17(14)25-29)20(31)24-12-4-5-16(23)15(22)8-12/h4-5,8,13,17,21,25,32H,6-7,9-11H2,1-3H3,(H,24,31). The Morgan fingerprint density at radius 3 is 2.94 bits per heavy atom. The van der Waals surface area contributed by atoms with E-state index in [1.54, 1.807) is 24.0 Å². The topological polar surface area (TPSA) is 110 Å². The number of likely N-dealkylation sites (tertiary alicyclic amines) is 1. The highest BCUT2D eigenvalue weighted by Crippen LogP contribution is 2.31. The van der Waals surface area contributed by atoms with Gasteiger partial charge >= 0.3 is 6.03 Å². The number of rotatable bonds is 5. The molecule has 3 aliphatic rings. The van der Waals surface area contributed by atoms with Crippen molar-refractivity contribution >= 4 is 29.2 Å². The zero-order valence-electron chi connectivity index (χ0n) is 19.1. The molecule has 1 aromatic carbocycles. The average molecular weight is 499 g/mol. The molecule has 34 heavy (non-hydrogen) atoms. The number of fused-ring (bicyclic) bond motifs is 2. The molecule has 3 aliphatic heterocycles. The monoisotopic (exact) mass is 498 g/mol. The van der Waals surface area contributed by atoms with Gasteiger partial charge in [0.25, 0.3) is 5.91 Å². The molecule has 0 aromatic heterocycles. The quantitative estimate of drug-likeness (QED) is 0.511. The summed E-state index contributed by atoms with van der Waals surface area (Å²) in [6.07, 6.45) is -1.01. The second kappa shape index (κ2) is 10.0. The molecular formula is C21H28ClFN6O5. The minimum atomic E-state index is -1.09. The lowest BCUT2D eigenvalue weighted by molar-refractivity contribution is -0.229. The fraction of sp³-hybridized carbons (Fsp3) is 0.524. The number of piperidine rings is 1. The second-order valence-electron chi connectivity index (χ2n) is 8.59. The largest absolute Gasteiger partial charge is 0.356 e. The molecule has 3 unspecified atom stereocenters. The van der Waals surface area contributed by atoms with Crippen LogP contribution in [0.2, 0.25) is 5.02 Å². The van der Waals surface area contributed by atoms with E-state index in [0.29, 0.717) is 30.9 Å². The zero-order valence-corrected chi connectivity index (χ0v) is 19.9. The molecular weight excluding hydrogens is 471 g/mol. The van der Waals surface area contributed by atoms with Crippen molar-refractivity contribution in [3.8, 4) is 0 Å². The van der Waals surface area contributed by atoms with Crippen LogP contribution in [-0.2, 0) is 14.4 Å². The van der Waals surface area contributed by atoms with Crippen LogP contribution in [0.1, 0.15) is 6.42 Å². The van der Waals surface area contributed by atoms with Gasteiger partial charge < -0.3 is 20.1 Å². The second-order valence-corrected chi connectivity index (χ2v) is 9.00. The summed E-state index contributed by atoms with van der Waals surface area (Å²) in [5.74, 6) is -0.907. The third-order valence-corrected chi connectivity index (χ3v) is 6.16. The van der Waals surface area contributed by atoms with Crippen molar-refractivity contribution in [1.82, 2.24) is 25.3 Å². The Morgan fingerprint density at radius 2 is 2.24 bits per heavy atom. The Kier molecular flexibility index (Phi) is 7.26. The number of hydrogen-bond acceptors (Lipinski definition) is 8. The highest BCUT2D eigenvalue weighted by molar-refractivity contribution is 6.31. The van der Waals surface area contributed by atoms with Gasteiger partial charge in [-0.15, -0.1) is 0 Å². The maximum atomic E-state index is 13.4. The van der Waals surface area contributed by atoms with Crippen molar-refractivity contribution in [2.75, 3.05) is 52.7 Å². The number of nitrogens with zero attached hydrogens (tertiary/aromatic N) is 4. The number of hydroxylamine groups is 2. The maximum Gasteiger partial charge on any atom is 0.322 e.